The van der Waals surface area contributed by atoms with Crippen molar-refractivity contribution in [2.75, 3.05) is 13.7 Å². The van der Waals surface area contributed by atoms with Crippen LogP contribution < -0.4 is 10.1 Å². The Labute approximate surface area is 125 Å². The standard InChI is InChI=1S/C16H23NO4/c1-16(2,12-7-9-13(21-3)10-8-12)15(20)17-11-5-4-6-14(18)19/h7-10H,4-6,11H2,1-3H3,(H,17,20)(H,18,19). The van der Waals surface area contributed by atoms with Crippen LogP contribution in [0.15, 0.2) is 24.3 Å². The second-order valence-electron chi connectivity index (χ2n) is 5.46. The van der Waals surface area contributed by atoms with Gasteiger partial charge in [0.1, 0.15) is 5.75 Å². The van der Waals surface area contributed by atoms with E-state index in [1.807, 2.05) is 38.1 Å². The van der Waals surface area contributed by atoms with Gasteiger partial charge in [-0.15, -0.1) is 0 Å². The lowest BCUT2D eigenvalue weighted by molar-refractivity contribution is -0.137. The molecule has 5 heteroatoms. The number of benzene rings is 1. The average Bonchev–Trinajstić information content (AvgIpc) is 2.46. The molecule has 0 saturated carbocycles. The summed E-state index contributed by atoms with van der Waals surface area (Å²) in [6, 6.07) is 7.42. The number of rotatable bonds is 8. The molecule has 0 heterocycles. The number of ether oxygens (including phenoxy) is 1. The van der Waals surface area contributed by atoms with Crippen molar-refractivity contribution >= 4 is 11.9 Å². The Morgan fingerprint density at radius 3 is 2.33 bits per heavy atom. The Morgan fingerprint density at radius 1 is 1.19 bits per heavy atom. The van der Waals surface area contributed by atoms with Gasteiger partial charge >= 0.3 is 5.97 Å². The van der Waals surface area contributed by atoms with Crippen LogP contribution in [0.25, 0.3) is 0 Å². The van der Waals surface area contributed by atoms with Crippen LogP contribution in [0.1, 0.15) is 38.7 Å². The summed E-state index contributed by atoms with van der Waals surface area (Å²) in [6.07, 6.45) is 1.37. The van der Waals surface area contributed by atoms with E-state index < -0.39 is 11.4 Å². The number of aliphatic carboxylic acids is 1. The number of hydrogen-bond donors (Lipinski definition) is 2. The van der Waals surface area contributed by atoms with Crippen LogP contribution in [0.3, 0.4) is 0 Å². The molecule has 116 valence electrons. The maximum absolute atomic E-state index is 12.3. The smallest absolute Gasteiger partial charge is 0.303 e. The molecular formula is C16H23NO4. The molecule has 1 aromatic rings. The normalized spacial score (nSPS) is 11.0. The van der Waals surface area contributed by atoms with Crippen LogP contribution in [0.5, 0.6) is 5.75 Å². The third-order valence-electron chi connectivity index (χ3n) is 3.48. The van der Waals surface area contributed by atoms with E-state index in [0.29, 0.717) is 19.4 Å². The zero-order valence-corrected chi connectivity index (χ0v) is 12.8. The molecule has 0 aliphatic carbocycles. The van der Waals surface area contributed by atoms with Crippen molar-refractivity contribution in [1.82, 2.24) is 5.32 Å². The molecule has 0 bridgehead atoms. The number of hydrogen-bond acceptors (Lipinski definition) is 3. The van der Waals surface area contributed by atoms with Gasteiger partial charge < -0.3 is 15.2 Å². The Bertz CT molecular complexity index is 480. The van der Waals surface area contributed by atoms with Crippen molar-refractivity contribution in [3.63, 3.8) is 0 Å². The molecule has 1 amide bonds. The second-order valence-corrected chi connectivity index (χ2v) is 5.46. The first-order valence-corrected chi connectivity index (χ1v) is 7.02. The number of methoxy groups -OCH3 is 1. The molecular weight excluding hydrogens is 270 g/mol. The maximum atomic E-state index is 12.3. The highest BCUT2D eigenvalue weighted by Crippen LogP contribution is 2.25. The van der Waals surface area contributed by atoms with Gasteiger partial charge in [-0.1, -0.05) is 12.1 Å². The van der Waals surface area contributed by atoms with Crippen LogP contribution in [0.4, 0.5) is 0 Å². The zero-order chi connectivity index (χ0) is 15.9. The topological polar surface area (TPSA) is 75.6 Å². The minimum Gasteiger partial charge on any atom is -0.497 e. The van der Waals surface area contributed by atoms with E-state index in [1.165, 1.54) is 0 Å². The Hall–Kier alpha value is -2.04. The molecule has 1 rings (SSSR count). The van der Waals surface area contributed by atoms with E-state index in [4.69, 9.17) is 9.84 Å². The van der Waals surface area contributed by atoms with Crippen LogP contribution in [-0.4, -0.2) is 30.6 Å². The minimum absolute atomic E-state index is 0.0667. The highest BCUT2D eigenvalue weighted by molar-refractivity contribution is 5.87. The fourth-order valence-corrected chi connectivity index (χ4v) is 1.96. The van der Waals surface area contributed by atoms with Gasteiger partial charge in [0, 0.05) is 13.0 Å². The summed E-state index contributed by atoms with van der Waals surface area (Å²) >= 11 is 0. The number of unbranched alkanes of at least 4 members (excludes halogenated alkanes) is 1. The second kappa shape index (κ2) is 7.67. The van der Waals surface area contributed by atoms with Gasteiger partial charge in [-0.25, -0.2) is 0 Å². The summed E-state index contributed by atoms with van der Waals surface area (Å²) in [5, 5.41) is 11.4. The first kappa shape index (κ1) is 17.0. The van der Waals surface area contributed by atoms with Gasteiger partial charge in [0.05, 0.1) is 12.5 Å². The van der Waals surface area contributed by atoms with Crippen LogP contribution in [0.2, 0.25) is 0 Å². The monoisotopic (exact) mass is 293 g/mol. The summed E-state index contributed by atoms with van der Waals surface area (Å²) in [7, 11) is 1.60. The number of carboxylic acid groups (broad SMARTS) is 1. The molecule has 0 saturated heterocycles. The Kier molecular flexibility index (Phi) is 6.21. The van der Waals surface area contributed by atoms with Crippen molar-refractivity contribution < 1.29 is 19.4 Å². The van der Waals surface area contributed by atoms with Gasteiger partial charge in [-0.2, -0.15) is 0 Å². The molecule has 0 aromatic heterocycles. The minimum atomic E-state index is -0.806. The van der Waals surface area contributed by atoms with Crippen molar-refractivity contribution in [2.45, 2.75) is 38.5 Å². The zero-order valence-electron chi connectivity index (χ0n) is 12.8. The SMILES string of the molecule is COc1ccc(C(C)(C)C(=O)NCCCCC(=O)O)cc1. The highest BCUT2D eigenvalue weighted by atomic mass is 16.5. The van der Waals surface area contributed by atoms with E-state index in [2.05, 4.69) is 5.32 Å². The van der Waals surface area contributed by atoms with Crippen LogP contribution in [0, 0.1) is 0 Å². The summed E-state index contributed by atoms with van der Waals surface area (Å²) in [6.45, 7) is 4.22. The fourth-order valence-electron chi connectivity index (χ4n) is 1.96. The van der Waals surface area contributed by atoms with E-state index in [9.17, 15) is 9.59 Å². The van der Waals surface area contributed by atoms with E-state index >= 15 is 0 Å². The Morgan fingerprint density at radius 2 is 1.81 bits per heavy atom. The molecule has 1 aromatic carbocycles. The molecule has 0 aliphatic rings. The first-order chi connectivity index (χ1) is 9.87. The number of carbonyl (C=O) groups is 2. The highest BCUT2D eigenvalue weighted by Gasteiger charge is 2.29. The summed E-state index contributed by atoms with van der Waals surface area (Å²) < 4.78 is 5.10. The number of nitrogens with one attached hydrogen (secondary N) is 1. The summed E-state index contributed by atoms with van der Waals surface area (Å²) in [5.74, 6) is -0.119. The van der Waals surface area contributed by atoms with E-state index in [-0.39, 0.29) is 12.3 Å². The lowest BCUT2D eigenvalue weighted by atomic mass is 9.83. The van der Waals surface area contributed by atoms with Crippen molar-refractivity contribution in [3.05, 3.63) is 29.8 Å². The number of amides is 1. The summed E-state index contributed by atoms with van der Waals surface area (Å²) in [4.78, 5) is 22.7. The van der Waals surface area contributed by atoms with E-state index in [1.54, 1.807) is 7.11 Å². The van der Waals surface area contributed by atoms with Crippen molar-refractivity contribution in [2.24, 2.45) is 0 Å². The third kappa shape index (κ3) is 5.10. The third-order valence-corrected chi connectivity index (χ3v) is 3.48. The largest absolute Gasteiger partial charge is 0.497 e. The maximum Gasteiger partial charge on any atom is 0.303 e. The molecule has 0 atom stereocenters. The molecule has 0 spiro atoms. The van der Waals surface area contributed by atoms with Gasteiger partial charge in [0.25, 0.3) is 0 Å². The van der Waals surface area contributed by atoms with Gasteiger partial charge in [0.2, 0.25) is 5.91 Å². The number of carbonyl (C=O) groups excluding carboxylic acids is 1. The molecule has 21 heavy (non-hydrogen) atoms. The molecule has 2 N–H and O–H groups in total. The van der Waals surface area contributed by atoms with Crippen LogP contribution in [-0.2, 0) is 15.0 Å². The molecule has 0 radical (unpaired) electrons. The first-order valence-electron chi connectivity index (χ1n) is 7.02. The average molecular weight is 293 g/mol. The number of carboxylic acids is 1. The van der Waals surface area contributed by atoms with Crippen molar-refractivity contribution in [3.8, 4) is 5.75 Å². The van der Waals surface area contributed by atoms with Crippen LogP contribution >= 0.6 is 0 Å². The van der Waals surface area contributed by atoms with Gasteiger partial charge in [0.15, 0.2) is 0 Å². The fraction of sp³-hybridized carbons (Fsp3) is 0.500. The molecule has 5 nitrogen and oxygen atoms in total. The molecule has 0 unspecified atom stereocenters. The summed E-state index contributed by atoms with van der Waals surface area (Å²) in [5.41, 5.74) is 0.269. The van der Waals surface area contributed by atoms with Gasteiger partial charge in [-0.3, -0.25) is 9.59 Å². The Balaban J connectivity index is 2.52. The van der Waals surface area contributed by atoms with Gasteiger partial charge in [-0.05, 0) is 44.4 Å². The predicted octanol–water partition coefficient (Wildman–Crippen LogP) is 2.34. The molecule has 0 fully saturated rings. The van der Waals surface area contributed by atoms with E-state index in [0.717, 1.165) is 11.3 Å². The molecule has 0 aliphatic heterocycles. The van der Waals surface area contributed by atoms with Crippen molar-refractivity contribution in [1.29, 1.82) is 0 Å². The lowest BCUT2D eigenvalue weighted by Crippen LogP contribution is -2.40. The predicted molar refractivity (Wildman–Crippen MR) is 80.5 cm³/mol. The lowest BCUT2D eigenvalue weighted by Gasteiger charge is -2.24. The quantitative estimate of drug-likeness (QED) is 0.721.